The van der Waals surface area contributed by atoms with E-state index in [2.05, 4.69) is 5.73 Å². The summed E-state index contributed by atoms with van der Waals surface area (Å²) in [5.74, 6) is 0. The fraction of sp³-hybridized carbons (Fsp3) is 1.00. The first-order valence-corrected chi connectivity index (χ1v) is 2.75. The number of hydrogen-bond donors (Lipinski definition) is 2. The van der Waals surface area contributed by atoms with E-state index < -0.39 is 8.03 Å². The highest BCUT2D eigenvalue weighted by atomic mass is 31.1. The van der Waals surface area contributed by atoms with E-state index in [4.69, 9.17) is 4.89 Å². The Labute approximate surface area is 30.7 Å². The van der Waals surface area contributed by atoms with Crippen LogP contribution in [0.5, 0.6) is 0 Å². The lowest BCUT2D eigenvalue weighted by Gasteiger charge is -1.75. The van der Waals surface area contributed by atoms with Crippen LogP contribution in [0.3, 0.4) is 0 Å². The van der Waals surface area contributed by atoms with E-state index in [1.54, 1.807) is 0 Å². The largest absolute Gasteiger partial charge is 0.345 e. The summed E-state index contributed by atoms with van der Waals surface area (Å²) in [6, 6.07) is 0. The molecule has 0 rings (SSSR count). The van der Waals surface area contributed by atoms with Gasteiger partial charge in [-0.25, -0.2) is 0 Å². The van der Waals surface area contributed by atoms with E-state index in [9.17, 15) is 4.57 Å². The first kappa shape index (κ1) is 5.15. The Morgan fingerprint density at radius 3 is 2.20 bits per heavy atom. The highest BCUT2D eigenvalue weighted by Gasteiger charge is 1.75. The fourth-order valence-electron chi connectivity index (χ4n) is 0. The number of hydrogen-bond acceptors (Lipinski definition) is 2. The van der Waals surface area contributed by atoms with Gasteiger partial charge in [-0.1, -0.05) is 0 Å². The Bertz CT molecular complexity index is 44.9. The first-order valence-electron chi connectivity index (χ1n) is 1.19. The maximum Gasteiger partial charge on any atom is 0.202 e. The molecule has 1 unspecified atom stereocenters. The summed E-state index contributed by atoms with van der Waals surface area (Å²) in [6.45, 7) is 0. The third kappa shape index (κ3) is 4.15. The summed E-state index contributed by atoms with van der Waals surface area (Å²) in [5.41, 5.74) is 4.65. The lowest BCUT2D eigenvalue weighted by atomic mass is 11.6. The van der Waals surface area contributed by atoms with Gasteiger partial charge in [0.15, 0.2) is 0 Å². The fourth-order valence-corrected chi connectivity index (χ4v) is 0. The molecule has 4 heteroatoms. The van der Waals surface area contributed by atoms with Gasteiger partial charge in [-0.2, -0.15) is 0 Å². The zero-order valence-electron chi connectivity index (χ0n) is 2.64. The second kappa shape index (κ2) is 2.39. The van der Waals surface area contributed by atoms with E-state index in [0.717, 1.165) is 0 Å². The Hall–Kier alpha value is 0.150. The number of nitrogens with two attached hydrogens (primary N) is 1. The summed E-state index contributed by atoms with van der Waals surface area (Å²) in [5, 5.41) is 0. The van der Waals surface area contributed by atoms with Crippen LogP contribution in [0.4, 0.5) is 0 Å². The van der Waals surface area contributed by atoms with Crippen molar-refractivity contribution in [2.24, 2.45) is 5.73 Å². The van der Waals surface area contributed by atoms with Crippen molar-refractivity contribution >= 4 is 8.03 Å². The summed E-state index contributed by atoms with van der Waals surface area (Å²) >= 11 is 0. The maximum absolute atomic E-state index is 9.43. The van der Waals surface area contributed by atoms with Gasteiger partial charge in [0.05, 0.1) is 6.29 Å². The quantitative estimate of drug-likeness (QED) is 0.426. The SMILES string of the molecule is NC[PH](=O)O. The minimum absolute atomic E-state index is 0.0926. The molecule has 5 heavy (non-hydrogen) atoms. The summed E-state index contributed by atoms with van der Waals surface area (Å²) in [6.07, 6.45) is -0.0926. The Morgan fingerprint density at radius 1 is 2.00 bits per heavy atom. The standard InChI is InChI=1S/CH6NO2P/c2-1-5(3)4/h5H,1-2H2,(H,3,4). The molecule has 3 N–H and O–H groups in total. The van der Waals surface area contributed by atoms with Gasteiger partial charge in [-0.05, 0) is 0 Å². The summed E-state index contributed by atoms with van der Waals surface area (Å²) in [4.78, 5) is 7.78. The van der Waals surface area contributed by atoms with Crippen molar-refractivity contribution in [1.82, 2.24) is 0 Å². The van der Waals surface area contributed by atoms with Crippen molar-refractivity contribution in [1.29, 1.82) is 0 Å². The topological polar surface area (TPSA) is 63.3 Å². The molecule has 0 spiro atoms. The van der Waals surface area contributed by atoms with Crippen LogP contribution in [0.1, 0.15) is 0 Å². The molecular formula is CH6NO2P. The molecule has 32 valence electrons. The molecule has 0 heterocycles. The van der Waals surface area contributed by atoms with E-state index in [1.807, 2.05) is 0 Å². The Kier molecular flexibility index (Phi) is 2.46. The minimum Gasteiger partial charge on any atom is -0.345 e. The first-order chi connectivity index (χ1) is 2.27. The van der Waals surface area contributed by atoms with E-state index >= 15 is 0 Å². The molecule has 0 radical (unpaired) electrons. The van der Waals surface area contributed by atoms with Crippen LogP contribution >= 0.6 is 8.03 Å². The molecule has 0 aromatic heterocycles. The third-order valence-corrected chi connectivity index (χ3v) is 0.524. The maximum atomic E-state index is 9.43. The molecule has 0 aliphatic heterocycles. The predicted molar refractivity (Wildman–Crippen MR) is 20.3 cm³/mol. The zero-order chi connectivity index (χ0) is 4.28. The van der Waals surface area contributed by atoms with E-state index in [1.165, 1.54) is 0 Å². The highest BCUT2D eigenvalue weighted by molar-refractivity contribution is 7.37. The highest BCUT2D eigenvalue weighted by Crippen LogP contribution is 2.04. The molecule has 0 aromatic carbocycles. The molecule has 0 bridgehead atoms. The molecule has 0 saturated carbocycles. The molecule has 0 aromatic rings. The molecule has 0 aliphatic rings. The van der Waals surface area contributed by atoms with Gasteiger partial charge in [0.2, 0.25) is 8.03 Å². The molecule has 0 fully saturated rings. The van der Waals surface area contributed by atoms with Gasteiger partial charge >= 0.3 is 0 Å². The van der Waals surface area contributed by atoms with Gasteiger partial charge < -0.3 is 10.6 Å². The van der Waals surface area contributed by atoms with Gasteiger partial charge in [0.25, 0.3) is 0 Å². The average Bonchev–Trinajstić information content (AvgIpc) is 1.38. The lowest BCUT2D eigenvalue weighted by Crippen LogP contribution is -1.89. The van der Waals surface area contributed by atoms with Crippen molar-refractivity contribution < 1.29 is 9.46 Å². The van der Waals surface area contributed by atoms with E-state index in [0.29, 0.717) is 0 Å². The summed E-state index contributed by atoms with van der Waals surface area (Å²) < 4.78 is 9.43. The van der Waals surface area contributed by atoms with Crippen LogP contribution in [0.15, 0.2) is 0 Å². The average molecular weight is 95.0 g/mol. The number of rotatable bonds is 1. The third-order valence-electron chi connectivity index (χ3n) is 0.175. The second-order valence-electron chi connectivity index (χ2n) is 0.598. The molecule has 1 atom stereocenters. The minimum atomic E-state index is -2.35. The normalized spacial score (nSPS) is 14.8. The van der Waals surface area contributed by atoms with Crippen molar-refractivity contribution in [2.75, 3.05) is 6.29 Å². The lowest BCUT2D eigenvalue weighted by molar-refractivity contribution is 0.503. The van der Waals surface area contributed by atoms with Gasteiger partial charge in [-0.3, -0.25) is 4.57 Å². The second-order valence-corrected chi connectivity index (χ2v) is 1.79. The van der Waals surface area contributed by atoms with Crippen LogP contribution < -0.4 is 5.73 Å². The van der Waals surface area contributed by atoms with Gasteiger partial charge in [0, 0.05) is 0 Å². The van der Waals surface area contributed by atoms with Crippen molar-refractivity contribution in [2.45, 2.75) is 0 Å². The van der Waals surface area contributed by atoms with Crippen LogP contribution in [0, 0.1) is 0 Å². The predicted octanol–water partition coefficient (Wildman–Crippen LogP) is -0.630. The van der Waals surface area contributed by atoms with Crippen LogP contribution in [-0.2, 0) is 4.57 Å². The van der Waals surface area contributed by atoms with Crippen molar-refractivity contribution in [3.05, 3.63) is 0 Å². The summed E-state index contributed by atoms with van der Waals surface area (Å²) in [7, 11) is -2.35. The molecule has 0 amide bonds. The zero-order valence-corrected chi connectivity index (χ0v) is 3.64. The molecule has 0 saturated heterocycles. The van der Waals surface area contributed by atoms with Gasteiger partial charge in [-0.15, -0.1) is 0 Å². The van der Waals surface area contributed by atoms with Crippen LogP contribution in [0.2, 0.25) is 0 Å². The van der Waals surface area contributed by atoms with Crippen molar-refractivity contribution in [3.63, 3.8) is 0 Å². The Balaban J connectivity index is 2.85. The molecule has 3 nitrogen and oxygen atoms in total. The van der Waals surface area contributed by atoms with E-state index in [-0.39, 0.29) is 6.29 Å². The monoisotopic (exact) mass is 95.0 g/mol. The van der Waals surface area contributed by atoms with Crippen LogP contribution in [0.25, 0.3) is 0 Å². The molecule has 0 aliphatic carbocycles. The smallest absolute Gasteiger partial charge is 0.202 e. The van der Waals surface area contributed by atoms with Crippen molar-refractivity contribution in [3.8, 4) is 0 Å². The molecular weight excluding hydrogens is 89.0 g/mol. The van der Waals surface area contributed by atoms with Gasteiger partial charge in [0.1, 0.15) is 0 Å². The van der Waals surface area contributed by atoms with Crippen LogP contribution in [-0.4, -0.2) is 11.2 Å². The Morgan fingerprint density at radius 2 is 2.20 bits per heavy atom.